The SMILES string of the molecule is COc1cccc(C(F)(F)CN=C(N)N2CCCC(C)C2)n1.I. The molecule has 0 aromatic carbocycles. The lowest BCUT2D eigenvalue weighted by molar-refractivity contribution is 0.00115. The van der Waals surface area contributed by atoms with Crippen molar-refractivity contribution in [2.45, 2.75) is 25.7 Å². The van der Waals surface area contributed by atoms with Crippen molar-refractivity contribution in [2.24, 2.45) is 16.6 Å². The van der Waals surface area contributed by atoms with Crippen molar-refractivity contribution in [3.63, 3.8) is 0 Å². The standard InChI is InChI=1S/C15H22F2N4O.HI/c1-11-5-4-8-21(9-11)14(18)19-10-15(16,17)12-6-3-7-13(20-12)22-2;/h3,6-7,11H,4-5,8-10H2,1-2H3,(H2,18,19);1H. The van der Waals surface area contributed by atoms with Crippen LogP contribution in [0.2, 0.25) is 0 Å². The number of methoxy groups -OCH3 is 1. The third-order valence-electron chi connectivity index (χ3n) is 3.73. The first-order valence-corrected chi connectivity index (χ1v) is 7.36. The van der Waals surface area contributed by atoms with Gasteiger partial charge in [0.25, 0.3) is 0 Å². The summed E-state index contributed by atoms with van der Waals surface area (Å²) in [6, 6.07) is 4.26. The Bertz CT molecular complexity index is 542. The number of ether oxygens (including phenoxy) is 1. The second-order valence-corrected chi connectivity index (χ2v) is 5.64. The predicted octanol–water partition coefficient (Wildman–Crippen LogP) is 2.85. The van der Waals surface area contributed by atoms with E-state index in [4.69, 9.17) is 10.5 Å². The normalized spacial score (nSPS) is 19.2. The predicted molar refractivity (Wildman–Crippen MR) is 96.6 cm³/mol. The van der Waals surface area contributed by atoms with Crippen LogP contribution in [0.3, 0.4) is 0 Å². The van der Waals surface area contributed by atoms with Gasteiger partial charge in [0.05, 0.1) is 7.11 Å². The lowest BCUT2D eigenvalue weighted by Gasteiger charge is -2.31. The fourth-order valence-corrected chi connectivity index (χ4v) is 2.49. The van der Waals surface area contributed by atoms with Gasteiger partial charge in [-0.2, -0.15) is 8.78 Å². The lowest BCUT2D eigenvalue weighted by atomic mass is 10.0. The Hall–Kier alpha value is -1.19. The van der Waals surface area contributed by atoms with Gasteiger partial charge in [0.1, 0.15) is 12.2 Å². The van der Waals surface area contributed by atoms with Gasteiger partial charge >= 0.3 is 5.92 Å². The van der Waals surface area contributed by atoms with Gasteiger partial charge < -0.3 is 15.4 Å². The average Bonchev–Trinajstić information content (AvgIpc) is 2.52. The Kier molecular flexibility index (Phi) is 7.43. The number of alkyl halides is 2. The van der Waals surface area contributed by atoms with Gasteiger partial charge in [0.15, 0.2) is 5.96 Å². The number of aromatic nitrogens is 1. The lowest BCUT2D eigenvalue weighted by Crippen LogP contribution is -2.44. The molecule has 130 valence electrons. The summed E-state index contributed by atoms with van der Waals surface area (Å²) in [5, 5.41) is 0. The molecule has 1 saturated heterocycles. The summed E-state index contributed by atoms with van der Waals surface area (Å²) in [6.07, 6.45) is 2.14. The van der Waals surface area contributed by atoms with Gasteiger partial charge in [-0.1, -0.05) is 13.0 Å². The maximum absolute atomic E-state index is 14.2. The number of nitrogens with zero attached hydrogens (tertiary/aromatic N) is 3. The fraction of sp³-hybridized carbons (Fsp3) is 0.600. The molecule has 8 heteroatoms. The summed E-state index contributed by atoms with van der Waals surface area (Å²) >= 11 is 0. The van der Waals surface area contributed by atoms with E-state index in [1.165, 1.54) is 25.3 Å². The van der Waals surface area contributed by atoms with Gasteiger partial charge in [-0.15, -0.1) is 24.0 Å². The Morgan fingerprint density at radius 2 is 2.26 bits per heavy atom. The Labute approximate surface area is 152 Å². The van der Waals surface area contributed by atoms with Gasteiger partial charge in [0, 0.05) is 19.2 Å². The molecule has 0 radical (unpaired) electrons. The summed E-state index contributed by atoms with van der Waals surface area (Å²) in [7, 11) is 1.39. The Balaban J connectivity index is 0.00000264. The molecule has 1 fully saturated rings. The number of piperidine rings is 1. The average molecular weight is 440 g/mol. The van der Waals surface area contributed by atoms with Gasteiger partial charge in [-0.05, 0) is 24.8 Å². The van der Waals surface area contributed by atoms with Crippen LogP contribution in [-0.4, -0.2) is 42.6 Å². The van der Waals surface area contributed by atoms with E-state index in [1.807, 2.05) is 4.90 Å². The van der Waals surface area contributed by atoms with Crippen LogP contribution in [0.25, 0.3) is 0 Å². The highest BCUT2D eigenvalue weighted by molar-refractivity contribution is 14.0. The van der Waals surface area contributed by atoms with E-state index in [2.05, 4.69) is 16.9 Å². The summed E-state index contributed by atoms with van der Waals surface area (Å²) in [4.78, 5) is 9.51. The van der Waals surface area contributed by atoms with Crippen LogP contribution in [-0.2, 0) is 5.92 Å². The van der Waals surface area contributed by atoms with Gasteiger partial charge in [0.2, 0.25) is 5.88 Å². The molecular formula is C15H23F2IN4O. The molecule has 23 heavy (non-hydrogen) atoms. The first-order chi connectivity index (χ1) is 10.4. The minimum atomic E-state index is -3.18. The number of hydrogen-bond donors (Lipinski definition) is 1. The molecule has 1 aliphatic heterocycles. The van der Waals surface area contributed by atoms with Crippen LogP contribution in [0.15, 0.2) is 23.2 Å². The van der Waals surface area contributed by atoms with Crippen molar-refractivity contribution >= 4 is 29.9 Å². The Morgan fingerprint density at radius 1 is 1.52 bits per heavy atom. The van der Waals surface area contributed by atoms with Crippen LogP contribution < -0.4 is 10.5 Å². The molecule has 5 nitrogen and oxygen atoms in total. The van der Waals surface area contributed by atoms with E-state index in [0.717, 1.165) is 25.9 Å². The van der Waals surface area contributed by atoms with Gasteiger partial charge in [-0.3, -0.25) is 0 Å². The summed E-state index contributed by atoms with van der Waals surface area (Å²) in [6.45, 7) is 2.93. The first-order valence-electron chi connectivity index (χ1n) is 7.36. The molecule has 0 aliphatic carbocycles. The molecule has 2 N–H and O–H groups in total. The highest BCUT2D eigenvalue weighted by Crippen LogP contribution is 2.28. The van der Waals surface area contributed by atoms with Crippen LogP contribution in [0.5, 0.6) is 5.88 Å². The zero-order chi connectivity index (χ0) is 16.2. The third kappa shape index (κ3) is 5.43. The van der Waals surface area contributed by atoms with Crippen LogP contribution in [0.4, 0.5) is 8.78 Å². The molecule has 1 atom stereocenters. The van der Waals surface area contributed by atoms with Crippen molar-refractivity contribution in [3.05, 3.63) is 23.9 Å². The smallest absolute Gasteiger partial charge is 0.309 e. The van der Waals surface area contributed by atoms with Crippen molar-refractivity contribution < 1.29 is 13.5 Å². The quantitative estimate of drug-likeness (QED) is 0.445. The van der Waals surface area contributed by atoms with Crippen LogP contribution in [0.1, 0.15) is 25.5 Å². The number of hydrogen-bond acceptors (Lipinski definition) is 3. The zero-order valence-electron chi connectivity index (χ0n) is 13.3. The second kappa shape index (κ2) is 8.60. The molecule has 1 unspecified atom stereocenters. The van der Waals surface area contributed by atoms with Crippen LogP contribution in [0, 0.1) is 5.92 Å². The number of likely N-dealkylation sites (tertiary alicyclic amines) is 1. The van der Waals surface area contributed by atoms with Crippen molar-refractivity contribution in [3.8, 4) is 5.88 Å². The van der Waals surface area contributed by atoms with E-state index in [0.29, 0.717) is 5.92 Å². The minimum Gasteiger partial charge on any atom is -0.481 e. The van der Waals surface area contributed by atoms with Crippen LogP contribution >= 0.6 is 24.0 Å². The van der Waals surface area contributed by atoms with E-state index in [9.17, 15) is 8.78 Å². The van der Waals surface area contributed by atoms with E-state index < -0.39 is 12.5 Å². The number of pyridine rings is 1. The minimum absolute atomic E-state index is 0. The maximum Gasteiger partial charge on any atom is 0.309 e. The first kappa shape index (κ1) is 19.9. The highest BCUT2D eigenvalue weighted by atomic mass is 127. The van der Waals surface area contributed by atoms with E-state index in [-0.39, 0.29) is 41.5 Å². The molecule has 0 amide bonds. The largest absolute Gasteiger partial charge is 0.481 e. The second-order valence-electron chi connectivity index (χ2n) is 5.64. The molecule has 0 bridgehead atoms. The number of guanidine groups is 1. The zero-order valence-corrected chi connectivity index (χ0v) is 15.7. The number of nitrogens with two attached hydrogens (primary N) is 1. The molecular weight excluding hydrogens is 417 g/mol. The van der Waals surface area contributed by atoms with E-state index in [1.54, 1.807) is 0 Å². The van der Waals surface area contributed by atoms with E-state index >= 15 is 0 Å². The van der Waals surface area contributed by atoms with Gasteiger partial charge in [-0.25, -0.2) is 9.98 Å². The molecule has 1 aromatic heterocycles. The number of halogens is 3. The molecule has 1 aliphatic rings. The maximum atomic E-state index is 14.2. The van der Waals surface area contributed by atoms with Crippen molar-refractivity contribution in [1.82, 2.24) is 9.88 Å². The summed E-state index contributed by atoms with van der Waals surface area (Å²) in [5.74, 6) is -2.35. The highest BCUT2D eigenvalue weighted by Gasteiger charge is 2.34. The molecule has 0 spiro atoms. The molecule has 1 aromatic rings. The monoisotopic (exact) mass is 440 g/mol. The van der Waals surface area contributed by atoms with Crippen molar-refractivity contribution in [1.29, 1.82) is 0 Å². The number of aliphatic imine (C=N–C) groups is 1. The Morgan fingerprint density at radius 3 is 2.91 bits per heavy atom. The fourth-order valence-electron chi connectivity index (χ4n) is 2.49. The molecule has 0 saturated carbocycles. The molecule has 2 heterocycles. The van der Waals surface area contributed by atoms with Crippen molar-refractivity contribution in [2.75, 3.05) is 26.7 Å². The summed E-state index contributed by atoms with van der Waals surface area (Å²) in [5.41, 5.74) is 5.48. The molecule has 2 rings (SSSR count). The third-order valence-corrected chi connectivity index (χ3v) is 3.73. The topological polar surface area (TPSA) is 63.7 Å². The number of rotatable bonds is 4. The summed E-state index contributed by atoms with van der Waals surface area (Å²) < 4.78 is 33.2.